The Labute approximate surface area is 263 Å². The molecular formula is C34H59NO9. The molecule has 0 saturated carbocycles. The summed E-state index contributed by atoms with van der Waals surface area (Å²) in [5.74, 6) is -0.319. The summed E-state index contributed by atoms with van der Waals surface area (Å²) < 4.78 is 11.0. The van der Waals surface area contributed by atoms with Crippen LogP contribution >= 0.6 is 0 Å². The number of carbonyl (C=O) groups is 1. The zero-order chi connectivity index (χ0) is 32.2. The average Bonchev–Trinajstić information content (AvgIpc) is 3.03. The fourth-order valence-electron chi connectivity index (χ4n) is 5.64. The number of ether oxygens (including phenoxy) is 2. The van der Waals surface area contributed by atoms with Crippen LogP contribution in [-0.2, 0) is 20.7 Å². The SMILES string of the molecule is CCCCCCCCCCCCCC[C@@H](O)[C@@H](O)[C@H](CO[C@H]1O[C@H](CO)[C@H](O)[C@H](O)[C@H]1O)NC(=O)CCCc1ccccc1. The Morgan fingerprint density at radius 2 is 1.43 bits per heavy atom. The molecule has 1 amide bonds. The van der Waals surface area contributed by atoms with Gasteiger partial charge in [-0.05, 0) is 24.8 Å². The van der Waals surface area contributed by atoms with E-state index in [9.17, 15) is 35.4 Å². The first-order valence-electron chi connectivity index (χ1n) is 16.9. The highest BCUT2D eigenvalue weighted by Crippen LogP contribution is 2.23. The normalized spacial score (nSPS) is 24.1. The van der Waals surface area contributed by atoms with Crippen LogP contribution in [0.5, 0.6) is 0 Å². The third-order valence-electron chi connectivity index (χ3n) is 8.51. The second kappa shape index (κ2) is 22.8. The number of unbranched alkanes of at least 4 members (excludes halogenated alkanes) is 11. The van der Waals surface area contributed by atoms with E-state index in [0.29, 0.717) is 19.3 Å². The molecule has 0 unspecified atom stereocenters. The van der Waals surface area contributed by atoms with Crippen LogP contribution in [0, 0.1) is 0 Å². The first-order valence-corrected chi connectivity index (χ1v) is 16.9. The van der Waals surface area contributed by atoms with Gasteiger partial charge in [0.05, 0.1) is 25.4 Å². The van der Waals surface area contributed by atoms with Crippen molar-refractivity contribution in [3.63, 3.8) is 0 Å². The number of hydrogen-bond donors (Lipinski definition) is 7. The van der Waals surface area contributed by atoms with E-state index in [0.717, 1.165) is 31.2 Å². The molecule has 1 aromatic rings. The Balaban J connectivity index is 1.81. The molecule has 8 atom stereocenters. The fraction of sp³-hybridized carbons (Fsp3) is 0.794. The molecule has 1 aromatic carbocycles. The molecule has 10 heteroatoms. The van der Waals surface area contributed by atoms with Gasteiger partial charge in [-0.2, -0.15) is 0 Å². The third-order valence-corrected chi connectivity index (χ3v) is 8.51. The molecule has 1 aliphatic heterocycles. The summed E-state index contributed by atoms with van der Waals surface area (Å²) in [6.45, 7) is 1.30. The molecule has 1 heterocycles. The van der Waals surface area contributed by atoms with Gasteiger partial charge in [-0.25, -0.2) is 0 Å². The van der Waals surface area contributed by atoms with Gasteiger partial charge >= 0.3 is 0 Å². The van der Waals surface area contributed by atoms with Crippen LogP contribution in [0.4, 0.5) is 0 Å². The highest BCUT2D eigenvalue weighted by Gasteiger charge is 2.44. The van der Waals surface area contributed by atoms with Crippen molar-refractivity contribution in [1.82, 2.24) is 5.32 Å². The van der Waals surface area contributed by atoms with Crippen molar-refractivity contribution < 1.29 is 44.9 Å². The molecule has 7 N–H and O–H groups in total. The smallest absolute Gasteiger partial charge is 0.220 e. The van der Waals surface area contributed by atoms with Crippen molar-refractivity contribution in [1.29, 1.82) is 0 Å². The molecule has 0 aliphatic carbocycles. The summed E-state index contributed by atoms with van der Waals surface area (Å²) in [5.41, 5.74) is 1.11. The predicted molar refractivity (Wildman–Crippen MR) is 169 cm³/mol. The quantitative estimate of drug-likeness (QED) is 0.0854. The maximum atomic E-state index is 12.8. The van der Waals surface area contributed by atoms with E-state index in [2.05, 4.69) is 12.2 Å². The molecule has 0 radical (unpaired) electrons. The third kappa shape index (κ3) is 14.6. The Kier molecular flexibility index (Phi) is 20.0. The zero-order valence-corrected chi connectivity index (χ0v) is 26.6. The highest BCUT2D eigenvalue weighted by molar-refractivity contribution is 5.76. The van der Waals surface area contributed by atoms with Crippen LogP contribution in [0.25, 0.3) is 0 Å². The van der Waals surface area contributed by atoms with Crippen molar-refractivity contribution in [2.45, 2.75) is 159 Å². The van der Waals surface area contributed by atoms with Crippen LogP contribution < -0.4 is 5.32 Å². The van der Waals surface area contributed by atoms with Crippen molar-refractivity contribution in [2.75, 3.05) is 13.2 Å². The van der Waals surface area contributed by atoms with Crippen molar-refractivity contribution in [3.05, 3.63) is 35.9 Å². The van der Waals surface area contributed by atoms with Crippen molar-refractivity contribution in [2.24, 2.45) is 0 Å². The number of amides is 1. The lowest BCUT2D eigenvalue weighted by atomic mass is 9.98. The molecule has 10 nitrogen and oxygen atoms in total. The lowest BCUT2D eigenvalue weighted by molar-refractivity contribution is -0.303. The predicted octanol–water partition coefficient (Wildman–Crippen LogP) is 3.12. The molecule has 254 valence electrons. The Hall–Kier alpha value is -1.63. The van der Waals surface area contributed by atoms with E-state index in [-0.39, 0.29) is 18.9 Å². The second-order valence-electron chi connectivity index (χ2n) is 12.3. The van der Waals surface area contributed by atoms with E-state index < -0.39 is 55.6 Å². The number of hydrogen-bond acceptors (Lipinski definition) is 9. The van der Waals surface area contributed by atoms with Crippen LogP contribution in [0.15, 0.2) is 30.3 Å². The summed E-state index contributed by atoms with van der Waals surface area (Å²) in [5, 5.41) is 64.4. The van der Waals surface area contributed by atoms with Gasteiger partial charge in [0.25, 0.3) is 0 Å². The number of aryl methyl sites for hydroxylation is 1. The number of nitrogens with one attached hydrogen (secondary N) is 1. The van der Waals surface area contributed by atoms with E-state index in [1.165, 1.54) is 51.4 Å². The molecule has 1 fully saturated rings. The number of aliphatic hydroxyl groups is 6. The minimum absolute atomic E-state index is 0.201. The van der Waals surface area contributed by atoms with E-state index >= 15 is 0 Å². The summed E-state index contributed by atoms with van der Waals surface area (Å²) in [4.78, 5) is 12.8. The zero-order valence-electron chi connectivity index (χ0n) is 26.6. The van der Waals surface area contributed by atoms with Gasteiger partial charge in [0.1, 0.15) is 30.5 Å². The van der Waals surface area contributed by atoms with E-state index in [1.54, 1.807) is 0 Å². The summed E-state index contributed by atoms with van der Waals surface area (Å²) in [6.07, 6.45) is 6.35. The standard InChI is InChI=1S/C34H59NO9/c1-2-3-4-5-6-7-8-9-10-11-12-16-21-27(37)30(39)26(35-29(38)22-17-20-25-18-14-13-15-19-25)24-43-34-33(42)32(41)31(40)28(23-36)44-34/h13-15,18-19,26-28,30-34,36-37,39-42H,2-12,16-17,20-24H2,1H3,(H,35,38)/t26-,27+,28+,30-,31-,32-,33+,34-/m0/s1. The van der Waals surface area contributed by atoms with Crippen LogP contribution in [0.3, 0.4) is 0 Å². The van der Waals surface area contributed by atoms with Gasteiger partial charge in [-0.3, -0.25) is 4.79 Å². The Bertz CT molecular complexity index is 858. The monoisotopic (exact) mass is 625 g/mol. The van der Waals surface area contributed by atoms with Gasteiger partial charge in [-0.1, -0.05) is 114 Å². The van der Waals surface area contributed by atoms with Gasteiger partial charge in [0.15, 0.2) is 6.29 Å². The molecule has 0 spiro atoms. The minimum Gasteiger partial charge on any atom is -0.394 e. The number of carbonyl (C=O) groups excluding carboxylic acids is 1. The van der Waals surface area contributed by atoms with E-state index in [1.807, 2.05) is 30.3 Å². The number of rotatable bonds is 24. The maximum absolute atomic E-state index is 12.8. The molecule has 44 heavy (non-hydrogen) atoms. The summed E-state index contributed by atoms with van der Waals surface area (Å²) >= 11 is 0. The molecule has 1 aliphatic rings. The molecular weight excluding hydrogens is 566 g/mol. The largest absolute Gasteiger partial charge is 0.394 e. The van der Waals surface area contributed by atoms with Gasteiger partial charge in [0, 0.05) is 6.42 Å². The summed E-state index contributed by atoms with van der Waals surface area (Å²) in [7, 11) is 0. The molecule has 2 rings (SSSR count). The molecule has 0 bridgehead atoms. The first-order chi connectivity index (χ1) is 21.3. The summed E-state index contributed by atoms with van der Waals surface area (Å²) in [6, 6.07) is 8.78. The number of benzene rings is 1. The Morgan fingerprint density at radius 3 is 2.02 bits per heavy atom. The van der Waals surface area contributed by atoms with Gasteiger partial charge in [0.2, 0.25) is 5.91 Å². The fourth-order valence-corrected chi connectivity index (χ4v) is 5.64. The van der Waals surface area contributed by atoms with Gasteiger partial charge < -0.3 is 45.4 Å². The molecule has 1 saturated heterocycles. The lowest BCUT2D eigenvalue weighted by Crippen LogP contribution is -2.60. The topological polar surface area (TPSA) is 169 Å². The average molecular weight is 626 g/mol. The highest BCUT2D eigenvalue weighted by atomic mass is 16.7. The lowest BCUT2D eigenvalue weighted by Gasteiger charge is -2.40. The Morgan fingerprint density at radius 1 is 0.841 bits per heavy atom. The van der Waals surface area contributed by atoms with Crippen molar-refractivity contribution >= 4 is 5.91 Å². The second-order valence-corrected chi connectivity index (χ2v) is 12.3. The maximum Gasteiger partial charge on any atom is 0.220 e. The minimum atomic E-state index is -1.61. The molecule has 0 aromatic heterocycles. The van der Waals surface area contributed by atoms with Gasteiger partial charge in [-0.15, -0.1) is 0 Å². The van der Waals surface area contributed by atoms with Crippen LogP contribution in [0.2, 0.25) is 0 Å². The van der Waals surface area contributed by atoms with E-state index in [4.69, 9.17) is 9.47 Å². The number of aliphatic hydroxyl groups excluding tert-OH is 6. The van der Waals surface area contributed by atoms with Crippen LogP contribution in [0.1, 0.15) is 109 Å². The van der Waals surface area contributed by atoms with Crippen molar-refractivity contribution in [3.8, 4) is 0 Å². The van der Waals surface area contributed by atoms with Crippen LogP contribution in [-0.4, -0.2) is 98.7 Å². The first kappa shape index (κ1) is 38.6.